The lowest BCUT2D eigenvalue weighted by molar-refractivity contribution is -0.137. The molecular weight excluding hydrogens is 224 g/mol. The monoisotopic (exact) mass is 242 g/mol. The van der Waals surface area contributed by atoms with Gasteiger partial charge in [0.25, 0.3) is 0 Å². The topological polar surface area (TPSA) is 85.5 Å². The Morgan fingerprint density at radius 2 is 2.29 bits per heavy atom. The molecular formula is C11H18N2O4. The van der Waals surface area contributed by atoms with Crippen molar-refractivity contribution in [1.29, 1.82) is 0 Å². The van der Waals surface area contributed by atoms with Crippen LogP contribution < -0.4 is 0 Å². The fourth-order valence-electron chi connectivity index (χ4n) is 1.41. The maximum atomic E-state index is 10.3. The predicted molar refractivity (Wildman–Crippen MR) is 59.5 cm³/mol. The third-order valence-corrected chi connectivity index (χ3v) is 2.30. The second kappa shape index (κ2) is 7.01. The number of unbranched alkanes of at least 4 members (excludes halogenated alkanes) is 1. The summed E-state index contributed by atoms with van der Waals surface area (Å²) in [6, 6.07) is 0. The Hall–Kier alpha value is -1.43. The van der Waals surface area contributed by atoms with Gasteiger partial charge in [0.05, 0.1) is 0 Å². The van der Waals surface area contributed by atoms with Crippen molar-refractivity contribution >= 4 is 5.97 Å². The largest absolute Gasteiger partial charge is 0.481 e. The van der Waals surface area contributed by atoms with Gasteiger partial charge in [-0.25, -0.2) is 0 Å². The molecule has 0 amide bonds. The summed E-state index contributed by atoms with van der Waals surface area (Å²) < 4.78 is 10.4. The van der Waals surface area contributed by atoms with Gasteiger partial charge < -0.3 is 14.4 Å². The Kier molecular flexibility index (Phi) is 5.62. The minimum atomic E-state index is -0.777. The molecule has 0 aliphatic heterocycles. The molecule has 0 aliphatic rings. The van der Waals surface area contributed by atoms with Gasteiger partial charge in [-0.3, -0.25) is 4.79 Å². The van der Waals surface area contributed by atoms with E-state index in [1.54, 1.807) is 0 Å². The first kappa shape index (κ1) is 13.6. The first-order valence-electron chi connectivity index (χ1n) is 5.79. The molecule has 6 nitrogen and oxygen atoms in total. The summed E-state index contributed by atoms with van der Waals surface area (Å²) in [4.78, 5) is 14.5. The van der Waals surface area contributed by atoms with E-state index >= 15 is 0 Å². The van der Waals surface area contributed by atoms with E-state index in [1.165, 1.54) is 0 Å². The van der Waals surface area contributed by atoms with Gasteiger partial charge in [-0.15, -0.1) is 0 Å². The summed E-state index contributed by atoms with van der Waals surface area (Å²) in [5.41, 5.74) is 0. The van der Waals surface area contributed by atoms with Gasteiger partial charge in [0, 0.05) is 19.4 Å². The van der Waals surface area contributed by atoms with Crippen molar-refractivity contribution in [2.24, 2.45) is 0 Å². The molecule has 1 N–H and O–H groups in total. The quantitative estimate of drug-likeness (QED) is 0.701. The number of carboxylic acid groups (broad SMARTS) is 1. The van der Waals surface area contributed by atoms with Crippen LogP contribution in [-0.2, 0) is 16.0 Å². The molecule has 96 valence electrons. The highest BCUT2D eigenvalue weighted by Gasteiger charge is 2.13. The van der Waals surface area contributed by atoms with E-state index in [0.717, 1.165) is 6.42 Å². The normalized spacial score (nSPS) is 12.6. The SMILES string of the molecule is CCOC(C)c1noc(CCCCC(=O)O)n1. The highest BCUT2D eigenvalue weighted by atomic mass is 16.5. The van der Waals surface area contributed by atoms with E-state index in [9.17, 15) is 4.79 Å². The van der Waals surface area contributed by atoms with Crippen molar-refractivity contribution in [1.82, 2.24) is 10.1 Å². The van der Waals surface area contributed by atoms with Crippen molar-refractivity contribution < 1.29 is 19.2 Å². The molecule has 1 rings (SSSR count). The molecule has 1 atom stereocenters. The van der Waals surface area contributed by atoms with Crippen LogP contribution in [0, 0.1) is 0 Å². The van der Waals surface area contributed by atoms with Crippen LogP contribution in [0.25, 0.3) is 0 Å². The third kappa shape index (κ3) is 4.95. The third-order valence-electron chi connectivity index (χ3n) is 2.30. The van der Waals surface area contributed by atoms with Gasteiger partial charge in [0.2, 0.25) is 5.89 Å². The lowest BCUT2D eigenvalue weighted by Crippen LogP contribution is -2.01. The van der Waals surface area contributed by atoms with Gasteiger partial charge in [-0.2, -0.15) is 4.98 Å². The van der Waals surface area contributed by atoms with Crippen LogP contribution in [0.15, 0.2) is 4.52 Å². The molecule has 1 unspecified atom stereocenters. The van der Waals surface area contributed by atoms with Crippen LogP contribution in [0.3, 0.4) is 0 Å². The second-order valence-corrected chi connectivity index (χ2v) is 3.74. The van der Waals surface area contributed by atoms with Crippen LogP contribution in [0.4, 0.5) is 0 Å². The van der Waals surface area contributed by atoms with Crippen molar-refractivity contribution in [3.63, 3.8) is 0 Å². The Bertz CT molecular complexity index is 351. The second-order valence-electron chi connectivity index (χ2n) is 3.74. The Morgan fingerprint density at radius 3 is 2.94 bits per heavy atom. The zero-order chi connectivity index (χ0) is 12.7. The van der Waals surface area contributed by atoms with Crippen molar-refractivity contribution in [3.8, 4) is 0 Å². The van der Waals surface area contributed by atoms with Gasteiger partial charge in [0.15, 0.2) is 5.82 Å². The molecule has 0 fully saturated rings. The fraction of sp³-hybridized carbons (Fsp3) is 0.727. The van der Waals surface area contributed by atoms with E-state index in [0.29, 0.717) is 31.2 Å². The Balaban J connectivity index is 2.32. The van der Waals surface area contributed by atoms with Crippen LogP contribution in [0.2, 0.25) is 0 Å². The number of hydrogen-bond acceptors (Lipinski definition) is 5. The number of carbonyl (C=O) groups is 1. The molecule has 0 bridgehead atoms. The first-order chi connectivity index (χ1) is 8.13. The molecule has 0 aromatic carbocycles. The van der Waals surface area contributed by atoms with E-state index in [4.69, 9.17) is 14.4 Å². The molecule has 0 saturated heterocycles. The van der Waals surface area contributed by atoms with E-state index in [2.05, 4.69) is 10.1 Å². The van der Waals surface area contributed by atoms with Crippen LogP contribution >= 0.6 is 0 Å². The zero-order valence-corrected chi connectivity index (χ0v) is 10.2. The average molecular weight is 242 g/mol. The van der Waals surface area contributed by atoms with E-state index < -0.39 is 5.97 Å². The highest BCUT2D eigenvalue weighted by Crippen LogP contribution is 2.13. The van der Waals surface area contributed by atoms with Gasteiger partial charge >= 0.3 is 5.97 Å². The first-order valence-corrected chi connectivity index (χ1v) is 5.79. The molecule has 1 heterocycles. The van der Waals surface area contributed by atoms with Gasteiger partial charge in [0.1, 0.15) is 6.10 Å². The Morgan fingerprint density at radius 1 is 1.53 bits per heavy atom. The summed E-state index contributed by atoms with van der Waals surface area (Å²) in [7, 11) is 0. The molecule has 0 aliphatic carbocycles. The minimum absolute atomic E-state index is 0.170. The zero-order valence-electron chi connectivity index (χ0n) is 10.2. The molecule has 6 heteroatoms. The minimum Gasteiger partial charge on any atom is -0.481 e. The number of ether oxygens (including phenoxy) is 1. The Labute approximate surface area is 100.0 Å². The molecule has 17 heavy (non-hydrogen) atoms. The maximum Gasteiger partial charge on any atom is 0.303 e. The summed E-state index contributed by atoms with van der Waals surface area (Å²) >= 11 is 0. The van der Waals surface area contributed by atoms with Crippen LogP contribution in [0.1, 0.15) is 50.9 Å². The van der Waals surface area contributed by atoms with Crippen molar-refractivity contribution in [2.45, 2.75) is 45.6 Å². The summed E-state index contributed by atoms with van der Waals surface area (Å²) in [6.45, 7) is 4.37. The number of aliphatic carboxylic acids is 1. The number of aromatic nitrogens is 2. The number of hydrogen-bond donors (Lipinski definition) is 1. The molecule has 0 saturated carbocycles. The molecule has 0 radical (unpaired) electrons. The van der Waals surface area contributed by atoms with Gasteiger partial charge in [-0.05, 0) is 26.7 Å². The standard InChI is InChI=1S/C11H18N2O4/c1-3-16-8(2)11-12-9(17-13-11)6-4-5-7-10(14)15/h8H,3-7H2,1-2H3,(H,14,15). The summed E-state index contributed by atoms with van der Waals surface area (Å²) in [6.07, 6.45) is 1.97. The van der Waals surface area contributed by atoms with E-state index in [1.807, 2.05) is 13.8 Å². The summed E-state index contributed by atoms with van der Waals surface area (Å²) in [5, 5.41) is 12.3. The van der Waals surface area contributed by atoms with Crippen molar-refractivity contribution in [2.75, 3.05) is 6.61 Å². The average Bonchev–Trinajstić information content (AvgIpc) is 2.73. The molecule has 0 spiro atoms. The van der Waals surface area contributed by atoms with Gasteiger partial charge in [-0.1, -0.05) is 5.16 Å². The number of aryl methyl sites for hydroxylation is 1. The lowest BCUT2D eigenvalue weighted by atomic mass is 10.2. The maximum absolute atomic E-state index is 10.3. The number of nitrogens with zero attached hydrogens (tertiary/aromatic N) is 2. The fourth-order valence-corrected chi connectivity index (χ4v) is 1.41. The molecule has 1 aromatic heterocycles. The number of rotatable bonds is 8. The van der Waals surface area contributed by atoms with Crippen molar-refractivity contribution in [3.05, 3.63) is 11.7 Å². The van der Waals surface area contributed by atoms with Crippen LogP contribution in [0.5, 0.6) is 0 Å². The van der Waals surface area contributed by atoms with Crippen LogP contribution in [-0.4, -0.2) is 27.8 Å². The smallest absolute Gasteiger partial charge is 0.303 e. The summed E-state index contributed by atoms with van der Waals surface area (Å²) in [5.74, 6) is 0.304. The highest BCUT2D eigenvalue weighted by molar-refractivity contribution is 5.66. The number of carboxylic acids is 1. The predicted octanol–water partition coefficient (Wildman–Crippen LogP) is 1.96. The molecule has 1 aromatic rings. The lowest BCUT2D eigenvalue weighted by Gasteiger charge is -2.04. The van der Waals surface area contributed by atoms with E-state index in [-0.39, 0.29) is 12.5 Å².